The summed E-state index contributed by atoms with van der Waals surface area (Å²) in [5.41, 5.74) is -0.220. The van der Waals surface area contributed by atoms with E-state index in [-0.39, 0.29) is 16.1 Å². The summed E-state index contributed by atoms with van der Waals surface area (Å²) in [6.45, 7) is 1.32. The molecule has 0 heterocycles. The predicted octanol–water partition coefficient (Wildman–Crippen LogP) is 4.34. The van der Waals surface area contributed by atoms with Crippen LogP contribution >= 0.6 is 11.6 Å². The zero-order valence-electron chi connectivity index (χ0n) is 14.5. The lowest BCUT2D eigenvalue weighted by molar-refractivity contribution is -0.152. The number of hydrogen-bond acceptors (Lipinski definition) is 4. The second kappa shape index (κ2) is 8.76. The van der Waals surface area contributed by atoms with Gasteiger partial charge < -0.3 is 10.1 Å². The summed E-state index contributed by atoms with van der Waals surface area (Å²) < 4.78 is 43.1. The number of rotatable bonds is 5. The van der Waals surface area contributed by atoms with E-state index >= 15 is 0 Å². The molecule has 0 saturated heterocycles. The zero-order valence-corrected chi connectivity index (χ0v) is 15.3. The number of benzene rings is 2. The molecule has 2 aromatic rings. The SMILES string of the molecule is CC(OC(=O)Cc1cccc(C(F)(F)F)c1)C(=O)Nc1ccc(C#N)c(Cl)c1. The molecule has 0 aliphatic carbocycles. The summed E-state index contributed by atoms with van der Waals surface area (Å²) in [4.78, 5) is 24.0. The second-order valence-electron chi connectivity index (χ2n) is 5.80. The molecule has 1 N–H and O–H groups in total. The van der Waals surface area contributed by atoms with E-state index in [2.05, 4.69) is 5.32 Å². The fourth-order valence-electron chi connectivity index (χ4n) is 2.24. The lowest BCUT2D eigenvalue weighted by Crippen LogP contribution is -2.30. The Balaban J connectivity index is 1.96. The quantitative estimate of drug-likeness (QED) is 0.743. The van der Waals surface area contributed by atoms with E-state index in [0.29, 0.717) is 5.69 Å². The number of nitrogens with one attached hydrogen (secondary N) is 1. The Morgan fingerprint density at radius 2 is 1.96 bits per heavy atom. The molecule has 0 aliphatic heterocycles. The molecular weight excluding hydrogens is 397 g/mol. The molecule has 1 atom stereocenters. The van der Waals surface area contributed by atoms with Crippen LogP contribution in [0.4, 0.5) is 18.9 Å². The van der Waals surface area contributed by atoms with E-state index in [4.69, 9.17) is 21.6 Å². The van der Waals surface area contributed by atoms with Gasteiger partial charge in [0.25, 0.3) is 5.91 Å². The lowest BCUT2D eigenvalue weighted by atomic mass is 10.1. The molecule has 0 radical (unpaired) electrons. The fourth-order valence-corrected chi connectivity index (χ4v) is 2.47. The third-order valence-electron chi connectivity index (χ3n) is 3.64. The van der Waals surface area contributed by atoms with Crippen molar-refractivity contribution in [3.05, 3.63) is 64.2 Å². The third kappa shape index (κ3) is 5.72. The molecule has 28 heavy (non-hydrogen) atoms. The van der Waals surface area contributed by atoms with Gasteiger partial charge in [0.2, 0.25) is 0 Å². The van der Waals surface area contributed by atoms with Gasteiger partial charge >= 0.3 is 12.1 Å². The van der Waals surface area contributed by atoms with Gasteiger partial charge in [-0.25, -0.2) is 0 Å². The molecule has 0 fully saturated rings. The van der Waals surface area contributed by atoms with Gasteiger partial charge in [0.05, 0.1) is 22.6 Å². The van der Waals surface area contributed by atoms with Gasteiger partial charge in [-0.15, -0.1) is 0 Å². The first kappa shape index (κ1) is 21.3. The Hall–Kier alpha value is -3.05. The molecular formula is C19H14ClF3N2O3. The van der Waals surface area contributed by atoms with Gasteiger partial charge in [0, 0.05) is 5.69 Å². The maximum atomic E-state index is 12.7. The van der Waals surface area contributed by atoms with Gasteiger partial charge in [-0.2, -0.15) is 18.4 Å². The summed E-state index contributed by atoms with van der Waals surface area (Å²) in [5, 5.41) is 11.4. The standard InChI is InChI=1S/C19H14ClF3N2O3/c1-11(18(27)25-15-6-5-13(10-24)16(20)9-15)28-17(26)8-12-3-2-4-14(7-12)19(21,22)23/h2-7,9,11H,8H2,1H3,(H,25,27). The van der Waals surface area contributed by atoms with E-state index in [1.165, 1.54) is 37.3 Å². The Bertz CT molecular complexity index is 939. The average Bonchev–Trinajstić information content (AvgIpc) is 2.61. The molecule has 146 valence electrons. The molecule has 2 rings (SSSR count). The first-order valence-corrected chi connectivity index (χ1v) is 8.34. The van der Waals surface area contributed by atoms with Crippen LogP contribution in [0.25, 0.3) is 0 Å². The van der Waals surface area contributed by atoms with E-state index in [0.717, 1.165) is 12.1 Å². The molecule has 2 aromatic carbocycles. The molecule has 9 heteroatoms. The van der Waals surface area contributed by atoms with Crippen LogP contribution in [0, 0.1) is 11.3 Å². The molecule has 0 saturated carbocycles. The van der Waals surface area contributed by atoms with Crippen LogP contribution < -0.4 is 5.32 Å². The Kier molecular flexibility index (Phi) is 6.65. The number of nitriles is 1. The largest absolute Gasteiger partial charge is 0.452 e. The first-order chi connectivity index (χ1) is 13.1. The Labute approximate surface area is 163 Å². The number of alkyl halides is 3. The highest BCUT2D eigenvalue weighted by Crippen LogP contribution is 2.29. The lowest BCUT2D eigenvalue weighted by Gasteiger charge is -2.14. The minimum absolute atomic E-state index is 0.117. The van der Waals surface area contributed by atoms with Crippen LogP contribution in [-0.2, 0) is 26.9 Å². The second-order valence-corrected chi connectivity index (χ2v) is 6.21. The van der Waals surface area contributed by atoms with Crippen LogP contribution in [0.15, 0.2) is 42.5 Å². The number of halogens is 4. The van der Waals surface area contributed by atoms with Crippen molar-refractivity contribution in [2.75, 3.05) is 5.32 Å². The van der Waals surface area contributed by atoms with Crippen molar-refractivity contribution >= 4 is 29.2 Å². The maximum absolute atomic E-state index is 12.7. The highest BCUT2D eigenvalue weighted by Gasteiger charge is 2.30. The number of esters is 1. The predicted molar refractivity (Wildman–Crippen MR) is 95.5 cm³/mol. The molecule has 1 unspecified atom stereocenters. The fraction of sp³-hybridized carbons (Fsp3) is 0.211. The van der Waals surface area contributed by atoms with Gasteiger partial charge in [-0.1, -0.05) is 29.8 Å². The molecule has 5 nitrogen and oxygen atoms in total. The van der Waals surface area contributed by atoms with Crippen molar-refractivity contribution in [3.63, 3.8) is 0 Å². The Morgan fingerprint density at radius 3 is 2.57 bits per heavy atom. The summed E-state index contributed by atoms with van der Waals surface area (Å²) in [6, 6.07) is 10.4. The third-order valence-corrected chi connectivity index (χ3v) is 3.95. The van der Waals surface area contributed by atoms with E-state index < -0.39 is 36.1 Å². The minimum atomic E-state index is -4.52. The molecule has 0 aromatic heterocycles. The van der Waals surface area contributed by atoms with Gasteiger partial charge in [0.1, 0.15) is 6.07 Å². The topological polar surface area (TPSA) is 79.2 Å². The Morgan fingerprint density at radius 1 is 1.25 bits per heavy atom. The van der Waals surface area contributed by atoms with Crippen LogP contribution in [0.2, 0.25) is 5.02 Å². The maximum Gasteiger partial charge on any atom is 0.416 e. The number of carbonyl (C=O) groups excluding carboxylic acids is 2. The van der Waals surface area contributed by atoms with Crippen LogP contribution in [0.3, 0.4) is 0 Å². The number of amides is 1. The van der Waals surface area contributed by atoms with Crippen LogP contribution in [-0.4, -0.2) is 18.0 Å². The number of carbonyl (C=O) groups is 2. The first-order valence-electron chi connectivity index (χ1n) is 7.96. The average molecular weight is 411 g/mol. The summed E-state index contributed by atoms with van der Waals surface area (Å²) >= 11 is 5.87. The molecule has 0 bridgehead atoms. The van der Waals surface area contributed by atoms with E-state index in [1.807, 2.05) is 6.07 Å². The zero-order chi connectivity index (χ0) is 20.9. The van der Waals surface area contributed by atoms with Crippen molar-refractivity contribution in [3.8, 4) is 6.07 Å². The minimum Gasteiger partial charge on any atom is -0.452 e. The van der Waals surface area contributed by atoms with Crippen LogP contribution in [0.1, 0.15) is 23.6 Å². The molecule has 0 aliphatic rings. The normalized spacial score (nSPS) is 12.0. The summed E-state index contributed by atoms with van der Waals surface area (Å²) in [6.07, 6.45) is -6.12. The van der Waals surface area contributed by atoms with Crippen LogP contribution in [0.5, 0.6) is 0 Å². The molecule has 1 amide bonds. The number of ether oxygens (including phenoxy) is 1. The summed E-state index contributed by atoms with van der Waals surface area (Å²) in [7, 11) is 0. The van der Waals surface area contributed by atoms with Gasteiger partial charge in [-0.3, -0.25) is 9.59 Å². The highest BCUT2D eigenvalue weighted by molar-refractivity contribution is 6.32. The van der Waals surface area contributed by atoms with Gasteiger partial charge in [-0.05, 0) is 36.8 Å². The van der Waals surface area contributed by atoms with Crippen molar-refractivity contribution in [1.82, 2.24) is 0 Å². The molecule has 0 spiro atoms. The van der Waals surface area contributed by atoms with Crippen molar-refractivity contribution in [2.45, 2.75) is 25.6 Å². The smallest absolute Gasteiger partial charge is 0.416 e. The van der Waals surface area contributed by atoms with Crippen molar-refractivity contribution in [1.29, 1.82) is 5.26 Å². The summed E-state index contributed by atoms with van der Waals surface area (Å²) in [5.74, 6) is -1.50. The number of nitrogens with zero attached hydrogens (tertiary/aromatic N) is 1. The van der Waals surface area contributed by atoms with E-state index in [1.54, 1.807) is 0 Å². The highest BCUT2D eigenvalue weighted by atomic mass is 35.5. The van der Waals surface area contributed by atoms with Crippen molar-refractivity contribution in [2.24, 2.45) is 0 Å². The van der Waals surface area contributed by atoms with E-state index in [9.17, 15) is 22.8 Å². The van der Waals surface area contributed by atoms with Gasteiger partial charge in [0.15, 0.2) is 6.10 Å². The monoisotopic (exact) mass is 410 g/mol. The van der Waals surface area contributed by atoms with Crippen molar-refractivity contribution < 1.29 is 27.5 Å². The number of anilines is 1. The number of hydrogen-bond donors (Lipinski definition) is 1.